The Morgan fingerprint density at radius 3 is 2.48 bits per heavy atom. The highest BCUT2D eigenvalue weighted by molar-refractivity contribution is 5.85. The molecule has 0 bridgehead atoms. The van der Waals surface area contributed by atoms with Crippen molar-refractivity contribution in [2.75, 3.05) is 13.7 Å². The fraction of sp³-hybridized carbons (Fsp3) is 0.409. The number of hydrogen-bond acceptors (Lipinski definition) is 5. The molecule has 0 unspecified atom stereocenters. The monoisotopic (exact) mass is 456 g/mol. The smallest absolute Gasteiger partial charge is 0.217 e. The van der Waals surface area contributed by atoms with Crippen molar-refractivity contribution < 1.29 is 28.2 Å². The average Bonchev–Trinajstić information content (AvgIpc) is 3.14. The van der Waals surface area contributed by atoms with Gasteiger partial charge in [-0.25, -0.2) is 8.78 Å². The topological polar surface area (TPSA) is 79.8 Å². The lowest BCUT2D eigenvalue weighted by atomic mass is 9.95. The predicted molar refractivity (Wildman–Crippen MR) is 115 cm³/mol. The number of carbonyl (C=O) groups excluding carboxylic acids is 1. The Morgan fingerprint density at radius 1 is 1.23 bits per heavy atom. The van der Waals surface area contributed by atoms with Gasteiger partial charge in [-0.15, -0.1) is 12.4 Å². The number of aliphatic hydroxyl groups excluding tert-OH is 1. The van der Waals surface area contributed by atoms with E-state index in [1.54, 1.807) is 19.2 Å². The molecule has 1 fully saturated rings. The second-order valence-electron chi connectivity index (χ2n) is 7.42. The summed E-state index contributed by atoms with van der Waals surface area (Å²) in [5.41, 5.74) is 0.352. The van der Waals surface area contributed by atoms with Gasteiger partial charge in [-0.2, -0.15) is 0 Å². The van der Waals surface area contributed by atoms with E-state index in [0.717, 1.165) is 6.07 Å². The number of ether oxygens (including phenoxy) is 2. The lowest BCUT2D eigenvalue weighted by Gasteiger charge is -2.28. The van der Waals surface area contributed by atoms with Crippen molar-refractivity contribution in [3.05, 3.63) is 59.7 Å². The van der Waals surface area contributed by atoms with Gasteiger partial charge in [-0.05, 0) is 36.2 Å². The number of aliphatic hydroxyl groups is 1. The van der Waals surface area contributed by atoms with Gasteiger partial charge in [0.1, 0.15) is 17.7 Å². The molecule has 3 N–H and O–H groups in total. The number of para-hydroxylation sites is 2. The highest BCUT2D eigenvalue weighted by Crippen LogP contribution is 2.29. The first-order chi connectivity index (χ1) is 14.4. The minimum absolute atomic E-state index is 0. The number of carbonyl (C=O) groups is 1. The van der Waals surface area contributed by atoms with Crippen LogP contribution in [0.5, 0.6) is 11.5 Å². The molecule has 0 saturated carbocycles. The number of amides is 1. The zero-order valence-electron chi connectivity index (χ0n) is 17.3. The molecule has 9 heteroatoms. The number of benzene rings is 2. The third-order valence-corrected chi connectivity index (χ3v) is 5.08. The largest absolute Gasteiger partial charge is 0.493 e. The van der Waals surface area contributed by atoms with Crippen LogP contribution in [0.2, 0.25) is 0 Å². The summed E-state index contributed by atoms with van der Waals surface area (Å²) in [4.78, 5) is 11.6. The quantitative estimate of drug-likeness (QED) is 0.569. The number of hydrogen-bond donors (Lipinski definition) is 3. The third kappa shape index (κ3) is 6.78. The van der Waals surface area contributed by atoms with E-state index < -0.39 is 23.8 Å². The van der Waals surface area contributed by atoms with E-state index in [2.05, 4.69) is 10.6 Å². The van der Waals surface area contributed by atoms with Crippen molar-refractivity contribution in [3.63, 3.8) is 0 Å². The van der Waals surface area contributed by atoms with Crippen LogP contribution in [0.15, 0.2) is 42.5 Å². The lowest BCUT2D eigenvalue weighted by molar-refractivity contribution is -0.120. The van der Waals surface area contributed by atoms with Crippen molar-refractivity contribution in [2.45, 2.75) is 44.1 Å². The van der Waals surface area contributed by atoms with Crippen LogP contribution in [-0.4, -0.2) is 49.0 Å². The zero-order chi connectivity index (χ0) is 21.7. The van der Waals surface area contributed by atoms with Gasteiger partial charge < -0.3 is 25.2 Å². The molecule has 0 aliphatic carbocycles. The highest BCUT2D eigenvalue weighted by Gasteiger charge is 2.35. The van der Waals surface area contributed by atoms with Crippen LogP contribution in [0.4, 0.5) is 8.78 Å². The fourth-order valence-corrected chi connectivity index (χ4v) is 3.76. The molecule has 0 aromatic heterocycles. The molecule has 170 valence electrons. The molecular weight excluding hydrogens is 430 g/mol. The average molecular weight is 457 g/mol. The maximum atomic E-state index is 13.5. The van der Waals surface area contributed by atoms with Gasteiger partial charge in [0.15, 0.2) is 11.5 Å². The van der Waals surface area contributed by atoms with Gasteiger partial charge in [0.2, 0.25) is 5.91 Å². The van der Waals surface area contributed by atoms with Gasteiger partial charge in [0, 0.05) is 32.0 Å². The first-order valence-electron chi connectivity index (χ1n) is 9.79. The molecule has 1 aliphatic rings. The Balaban J connectivity index is 0.00000341. The molecular formula is C22H27ClF2N2O4. The molecule has 2 aromatic carbocycles. The molecule has 0 radical (unpaired) electrons. The van der Waals surface area contributed by atoms with E-state index in [-0.39, 0.29) is 36.9 Å². The highest BCUT2D eigenvalue weighted by atomic mass is 35.5. The summed E-state index contributed by atoms with van der Waals surface area (Å²) in [6.45, 7) is 1.84. The first-order valence-corrected chi connectivity index (χ1v) is 9.79. The molecule has 1 saturated heterocycles. The van der Waals surface area contributed by atoms with Crippen molar-refractivity contribution in [1.82, 2.24) is 10.6 Å². The van der Waals surface area contributed by atoms with E-state index in [0.29, 0.717) is 30.0 Å². The summed E-state index contributed by atoms with van der Waals surface area (Å²) in [6, 6.07) is 9.39. The Hall–Kier alpha value is -2.42. The van der Waals surface area contributed by atoms with Crippen molar-refractivity contribution in [2.24, 2.45) is 0 Å². The van der Waals surface area contributed by atoms with Crippen molar-refractivity contribution in [1.29, 1.82) is 0 Å². The zero-order valence-corrected chi connectivity index (χ0v) is 18.1. The van der Waals surface area contributed by atoms with Crippen LogP contribution in [0.25, 0.3) is 0 Å². The van der Waals surface area contributed by atoms with Crippen molar-refractivity contribution in [3.8, 4) is 11.5 Å². The molecule has 2 aromatic rings. The van der Waals surface area contributed by atoms with Crippen LogP contribution >= 0.6 is 12.4 Å². The molecule has 31 heavy (non-hydrogen) atoms. The SMILES string of the molecule is COc1ccccc1O[C@H]1CN[C@@H]([C@@H](O)[C@H](Cc2cc(F)cc(F)c2)NC(C)=O)C1.Cl. The summed E-state index contributed by atoms with van der Waals surface area (Å²) in [5.74, 6) is -0.521. The van der Waals surface area contributed by atoms with Crippen LogP contribution in [0.1, 0.15) is 18.9 Å². The summed E-state index contributed by atoms with van der Waals surface area (Å²) in [5, 5.41) is 16.8. The molecule has 1 heterocycles. The summed E-state index contributed by atoms with van der Waals surface area (Å²) >= 11 is 0. The fourth-order valence-electron chi connectivity index (χ4n) is 3.76. The molecule has 1 aliphatic heterocycles. The Bertz CT molecular complexity index is 866. The van der Waals surface area contributed by atoms with Crippen molar-refractivity contribution >= 4 is 18.3 Å². The van der Waals surface area contributed by atoms with E-state index in [9.17, 15) is 18.7 Å². The van der Waals surface area contributed by atoms with Gasteiger partial charge >= 0.3 is 0 Å². The van der Waals surface area contributed by atoms with E-state index in [1.807, 2.05) is 12.1 Å². The normalized spacial score (nSPS) is 19.8. The van der Waals surface area contributed by atoms with E-state index in [1.165, 1.54) is 19.1 Å². The van der Waals surface area contributed by atoms with Crippen LogP contribution in [0, 0.1) is 11.6 Å². The molecule has 3 rings (SSSR count). The second-order valence-corrected chi connectivity index (χ2v) is 7.42. The van der Waals surface area contributed by atoms with E-state index in [4.69, 9.17) is 9.47 Å². The second kappa shape index (κ2) is 11.3. The Morgan fingerprint density at radius 2 is 1.87 bits per heavy atom. The molecule has 0 spiro atoms. The third-order valence-electron chi connectivity index (χ3n) is 5.08. The van der Waals surface area contributed by atoms with Crippen LogP contribution < -0.4 is 20.1 Å². The summed E-state index contributed by atoms with van der Waals surface area (Å²) in [7, 11) is 1.56. The number of rotatable bonds is 8. The summed E-state index contributed by atoms with van der Waals surface area (Å²) < 4.78 is 38.4. The minimum atomic E-state index is -0.980. The van der Waals surface area contributed by atoms with Gasteiger partial charge in [0.25, 0.3) is 0 Å². The maximum Gasteiger partial charge on any atom is 0.217 e. The Labute approximate surface area is 186 Å². The molecule has 1 amide bonds. The van der Waals surface area contributed by atoms with Crippen LogP contribution in [-0.2, 0) is 11.2 Å². The standard InChI is InChI=1S/C22H26F2N2O4.ClH/c1-13(27)26-19(9-14-7-15(23)10-16(24)8-14)22(28)18-11-17(12-25-18)30-21-6-4-3-5-20(21)29-2;/h3-8,10,17-19,22,25,28H,9,11-12H2,1-2H3,(H,26,27);1H/t17-,18-,19+,22-;/m1./s1. The number of halogens is 3. The molecule has 6 nitrogen and oxygen atoms in total. The van der Waals surface area contributed by atoms with E-state index >= 15 is 0 Å². The van der Waals surface area contributed by atoms with Gasteiger partial charge in [0.05, 0.1) is 19.3 Å². The van der Waals surface area contributed by atoms with Gasteiger partial charge in [-0.1, -0.05) is 12.1 Å². The van der Waals surface area contributed by atoms with Gasteiger partial charge in [-0.3, -0.25) is 4.79 Å². The Kier molecular flexibility index (Phi) is 9.03. The summed E-state index contributed by atoms with van der Waals surface area (Å²) in [6.07, 6.45) is -0.602. The number of nitrogens with one attached hydrogen (secondary N) is 2. The number of methoxy groups -OCH3 is 1. The maximum absolute atomic E-state index is 13.5. The minimum Gasteiger partial charge on any atom is -0.493 e. The van der Waals surface area contributed by atoms with Crippen LogP contribution in [0.3, 0.4) is 0 Å². The predicted octanol–water partition coefficient (Wildman–Crippen LogP) is 2.61. The first kappa shape index (κ1) is 24.8. The lowest BCUT2D eigenvalue weighted by Crippen LogP contribution is -2.51. The molecule has 4 atom stereocenters.